The molecule has 0 saturated heterocycles. The van der Waals surface area contributed by atoms with E-state index >= 15 is 0 Å². The van der Waals surface area contributed by atoms with Gasteiger partial charge < -0.3 is 14.6 Å². The summed E-state index contributed by atoms with van der Waals surface area (Å²) < 4.78 is 6.06. The van der Waals surface area contributed by atoms with Crippen molar-refractivity contribution in [1.29, 1.82) is 0 Å². The number of carbonyl (C=O) groups excluding carboxylic acids is 2. The van der Waals surface area contributed by atoms with Gasteiger partial charge in [0, 0.05) is 23.8 Å². The first-order chi connectivity index (χ1) is 11.5. The maximum atomic E-state index is 11.6. The fourth-order valence-electron chi connectivity index (χ4n) is 1.97. The lowest BCUT2D eigenvalue weighted by Gasteiger charge is -2.08. The van der Waals surface area contributed by atoms with E-state index < -0.39 is 11.9 Å². The van der Waals surface area contributed by atoms with Crippen LogP contribution in [0.3, 0.4) is 0 Å². The summed E-state index contributed by atoms with van der Waals surface area (Å²) in [5.74, 6) is -1.03. The highest BCUT2D eigenvalue weighted by Crippen LogP contribution is 2.09. The Morgan fingerprint density at radius 2 is 1.88 bits per heavy atom. The molecule has 0 atom stereocenters. The number of esters is 1. The Bertz CT molecular complexity index is 756. The maximum absolute atomic E-state index is 11.6. The number of hydrogen-bond acceptors (Lipinski definition) is 4. The van der Waals surface area contributed by atoms with Crippen molar-refractivity contribution in [3.05, 3.63) is 69.6 Å². The summed E-state index contributed by atoms with van der Waals surface area (Å²) in [6, 6.07) is 11.9. The van der Waals surface area contributed by atoms with Gasteiger partial charge in [0.25, 0.3) is 11.5 Å². The molecule has 0 fully saturated rings. The van der Waals surface area contributed by atoms with Crippen molar-refractivity contribution < 1.29 is 14.3 Å². The third kappa shape index (κ3) is 5.89. The number of ether oxygens (including phenoxy) is 1. The van der Waals surface area contributed by atoms with Gasteiger partial charge in [-0.05, 0) is 30.2 Å². The molecule has 2 rings (SSSR count). The first-order valence-electron chi connectivity index (χ1n) is 7.37. The molecule has 0 aliphatic rings. The molecular formula is C17H17ClN2O4. The third-order valence-corrected chi connectivity index (χ3v) is 3.46. The Kier molecular flexibility index (Phi) is 6.57. The second-order valence-corrected chi connectivity index (χ2v) is 5.49. The highest BCUT2D eigenvalue weighted by molar-refractivity contribution is 6.30. The van der Waals surface area contributed by atoms with Crippen LogP contribution < -0.4 is 10.9 Å². The number of amides is 1. The zero-order valence-corrected chi connectivity index (χ0v) is 13.7. The van der Waals surface area contributed by atoms with E-state index in [2.05, 4.69) is 5.32 Å². The molecule has 7 heteroatoms. The summed E-state index contributed by atoms with van der Waals surface area (Å²) in [6.07, 6.45) is 2.13. The zero-order chi connectivity index (χ0) is 17.4. The average Bonchev–Trinajstić information content (AvgIpc) is 2.57. The van der Waals surface area contributed by atoms with Crippen LogP contribution in [0, 0.1) is 0 Å². The number of pyridine rings is 1. The van der Waals surface area contributed by atoms with Crippen LogP contribution >= 0.6 is 11.6 Å². The lowest BCUT2D eigenvalue weighted by atomic mass is 10.1. The first kappa shape index (κ1) is 17.7. The standard InChI is InChI=1S/C17H17ClN2O4/c18-14-6-4-13(5-7-14)8-9-19-15(21)12-24-17(23)11-20-10-2-1-3-16(20)22/h1-7,10H,8-9,11-12H2,(H,19,21). The second-order valence-electron chi connectivity index (χ2n) is 5.05. The second kappa shape index (κ2) is 8.88. The molecule has 0 aliphatic carbocycles. The SMILES string of the molecule is O=C(COC(=O)Cn1ccccc1=O)NCCc1ccc(Cl)cc1. The molecule has 1 aromatic carbocycles. The Hall–Kier alpha value is -2.60. The Labute approximate surface area is 144 Å². The predicted octanol–water partition coefficient (Wildman–Crippen LogP) is 1.40. The minimum absolute atomic E-state index is 0.224. The molecule has 1 aromatic heterocycles. The van der Waals surface area contributed by atoms with Gasteiger partial charge in [0.15, 0.2) is 6.61 Å². The quantitative estimate of drug-likeness (QED) is 0.767. The van der Waals surface area contributed by atoms with Crippen LogP contribution in [0.1, 0.15) is 5.56 Å². The van der Waals surface area contributed by atoms with Gasteiger partial charge in [0.2, 0.25) is 0 Å². The average molecular weight is 349 g/mol. The van der Waals surface area contributed by atoms with Crippen LogP contribution in [0.4, 0.5) is 0 Å². The molecule has 0 aliphatic heterocycles. The summed E-state index contributed by atoms with van der Waals surface area (Å²) in [6.45, 7) is -0.172. The van der Waals surface area contributed by atoms with Crippen molar-refractivity contribution in [2.45, 2.75) is 13.0 Å². The first-order valence-corrected chi connectivity index (χ1v) is 7.74. The van der Waals surface area contributed by atoms with E-state index in [1.54, 1.807) is 24.3 Å². The monoisotopic (exact) mass is 348 g/mol. The molecule has 6 nitrogen and oxygen atoms in total. The van der Waals surface area contributed by atoms with E-state index in [1.165, 1.54) is 16.8 Å². The van der Waals surface area contributed by atoms with Gasteiger partial charge in [-0.15, -0.1) is 0 Å². The normalized spacial score (nSPS) is 10.2. The molecule has 126 valence electrons. The van der Waals surface area contributed by atoms with Crippen LogP contribution in [-0.2, 0) is 27.3 Å². The van der Waals surface area contributed by atoms with Crippen LogP contribution in [0.25, 0.3) is 0 Å². The lowest BCUT2D eigenvalue weighted by Crippen LogP contribution is -2.32. The molecule has 0 unspecified atom stereocenters. The van der Waals surface area contributed by atoms with E-state index in [9.17, 15) is 14.4 Å². The van der Waals surface area contributed by atoms with Gasteiger partial charge in [0.1, 0.15) is 6.54 Å². The molecule has 0 bridgehead atoms. The highest BCUT2D eigenvalue weighted by atomic mass is 35.5. The molecule has 2 aromatic rings. The number of aromatic nitrogens is 1. The third-order valence-electron chi connectivity index (χ3n) is 3.21. The van der Waals surface area contributed by atoms with Gasteiger partial charge in [-0.1, -0.05) is 29.8 Å². The Balaban J connectivity index is 1.67. The van der Waals surface area contributed by atoms with Crippen molar-refractivity contribution in [2.75, 3.05) is 13.2 Å². The Morgan fingerprint density at radius 1 is 1.12 bits per heavy atom. The van der Waals surface area contributed by atoms with Crippen molar-refractivity contribution in [3.8, 4) is 0 Å². The molecule has 1 amide bonds. The number of halogens is 1. The van der Waals surface area contributed by atoms with Crippen LogP contribution in [-0.4, -0.2) is 29.6 Å². The summed E-state index contributed by atoms with van der Waals surface area (Å²) in [5.41, 5.74) is 0.738. The van der Waals surface area contributed by atoms with Crippen molar-refractivity contribution in [1.82, 2.24) is 9.88 Å². The Morgan fingerprint density at radius 3 is 2.58 bits per heavy atom. The smallest absolute Gasteiger partial charge is 0.326 e. The number of rotatable bonds is 7. The van der Waals surface area contributed by atoms with Crippen molar-refractivity contribution in [2.24, 2.45) is 0 Å². The summed E-state index contributed by atoms with van der Waals surface area (Å²) in [7, 11) is 0. The van der Waals surface area contributed by atoms with E-state index in [1.807, 2.05) is 12.1 Å². The topological polar surface area (TPSA) is 77.4 Å². The van der Waals surface area contributed by atoms with Gasteiger partial charge in [-0.2, -0.15) is 0 Å². The van der Waals surface area contributed by atoms with Gasteiger partial charge in [-0.25, -0.2) is 0 Å². The van der Waals surface area contributed by atoms with E-state index in [4.69, 9.17) is 16.3 Å². The van der Waals surface area contributed by atoms with Crippen LogP contribution in [0.15, 0.2) is 53.5 Å². The molecule has 1 heterocycles. The number of nitrogens with one attached hydrogen (secondary N) is 1. The lowest BCUT2D eigenvalue weighted by molar-refractivity contribution is -0.149. The summed E-state index contributed by atoms with van der Waals surface area (Å²) in [5, 5.41) is 3.32. The van der Waals surface area contributed by atoms with Crippen molar-refractivity contribution >= 4 is 23.5 Å². The number of carbonyl (C=O) groups is 2. The molecule has 24 heavy (non-hydrogen) atoms. The molecular weight excluding hydrogens is 332 g/mol. The van der Waals surface area contributed by atoms with Gasteiger partial charge in [-0.3, -0.25) is 14.4 Å². The zero-order valence-electron chi connectivity index (χ0n) is 12.9. The highest BCUT2D eigenvalue weighted by Gasteiger charge is 2.08. The van der Waals surface area contributed by atoms with E-state index in [-0.39, 0.29) is 18.7 Å². The fraction of sp³-hybridized carbons (Fsp3) is 0.235. The predicted molar refractivity (Wildman–Crippen MR) is 89.8 cm³/mol. The molecule has 0 spiro atoms. The van der Waals surface area contributed by atoms with Crippen molar-refractivity contribution in [3.63, 3.8) is 0 Å². The van der Waals surface area contributed by atoms with E-state index in [0.29, 0.717) is 18.0 Å². The van der Waals surface area contributed by atoms with Crippen LogP contribution in [0.5, 0.6) is 0 Å². The minimum Gasteiger partial charge on any atom is -0.454 e. The maximum Gasteiger partial charge on any atom is 0.326 e. The van der Waals surface area contributed by atoms with Gasteiger partial charge in [0.05, 0.1) is 0 Å². The van der Waals surface area contributed by atoms with Crippen LogP contribution in [0.2, 0.25) is 5.02 Å². The summed E-state index contributed by atoms with van der Waals surface area (Å²) in [4.78, 5) is 34.7. The molecule has 0 saturated carbocycles. The van der Waals surface area contributed by atoms with Gasteiger partial charge >= 0.3 is 5.97 Å². The largest absolute Gasteiger partial charge is 0.454 e. The van der Waals surface area contributed by atoms with E-state index in [0.717, 1.165) is 5.56 Å². The summed E-state index contributed by atoms with van der Waals surface area (Å²) >= 11 is 5.80. The fourth-order valence-corrected chi connectivity index (χ4v) is 2.10. The molecule has 0 radical (unpaired) electrons. The number of hydrogen-bond donors (Lipinski definition) is 1. The molecule has 1 N–H and O–H groups in total. The minimum atomic E-state index is -0.642. The number of benzene rings is 1. The number of nitrogens with zero attached hydrogens (tertiary/aromatic N) is 1.